The van der Waals surface area contributed by atoms with E-state index in [1.54, 1.807) is 24.3 Å². The first-order chi connectivity index (χ1) is 9.54. The first-order valence-corrected chi connectivity index (χ1v) is 6.82. The summed E-state index contributed by atoms with van der Waals surface area (Å²) in [5.74, 6) is -0.865. The van der Waals surface area contributed by atoms with E-state index in [9.17, 15) is 9.59 Å². The topological polar surface area (TPSA) is 75.6 Å². The maximum atomic E-state index is 11.6. The zero-order valence-corrected chi connectivity index (χ0v) is 12.0. The van der Waals surface area contributed by atoms with Crippen LogP contribution in [0.4, 0.5) is 0 Å². The van der Waals surface area contributed by atoms with Crippen molar-refractivity contribution in [3.8, 4) is 5.75 Å². The van der Waals surface area contributed by atoms with Crippen LogP contribution in [0.2, 0.25) is 5.02 Å². The van der Waals surface area contributed by atoms with E-state index in [1.807, 2.05) is 6.92 Å². The fourth-order valence-electron chi connectivity index (χ4n) is 1.63. The van der Waals surface area contributed by atoms with Crippen LogP contribution in [0.3, 0.4) is 0 Å². The van der Waals surface area contributed by atoms with Gasteiger partial charge in [0, 0.05) is 0 Å². The Kier molecular flexibility index (Phi) is 6.87. The summed E-state index contributed by atoms with van der Waals surface area (Å²) in [5, 5.41) is 11.9. The average molecular weight is 300 g/mol. The number of carbonyl (C=O) groups excluding carboxylic acids is 1. The molecule has 0 fully saturated rings. The van der Waals surface area contributed by atoms with Gasteiger partial charge in [-0.15, -0.1) is 0 Å². The third-order valence-corrected chi connectivity index (χ3v) is 2.95. The lowest BCUT2D eigenvalue weighted by Crippen LogP contribution is -2.41. The normalized spacial score (nSPS) is 11.7. The van der Waals surface area contributed by atoms with E-state index in [4.69, 9.17) is 21.4 Å². The Labute approximate surface area is 122 Å². The molecule has 0 aliphatic heterocycles. The summed E-state index contributed by atoms with van der Waals surface area (Å²) in [6.07, 6.45) is 1.18. The fourth-order valence-corrected chi connectivity index (χ4v) is 1.82. The number of amides is 1. The maximum Gasteiger partial charge on any atom is 0.326 e. The molecule has 0 radical (unpaired) electrons. The molecule has 1 amide bonds. The first kappa shape index (κ1) is 16.3. The van der Waals surface area contributed by atoms with E-state index >= 15 is 0 Å². The average Bonchev–Trinajstić information content (AvgIpc) is 2.40. The van der Waals surface area contributed by atoms with Crippen LogP contribution in [0.5, 0.6) is 5.75 Å². The molecule has 5 nitrogen and oxygen atoms in total. The number of hydrogen-bond acceptors (Lipinski definition) is 3. The van der Waals surface area contributed by atoms with Gasteiger partial charge in [-0.3, -0.25) is 4.79 Å². The molecule has 0 aliphatic carbocycles. The minimum absolute atomic E-state index is 0.0821. The minimum atomic E-state index is -1.02. The van der Waals surface area contributed by atoms with Crippen molar-refractivity contribution < 1.29 is 19.4 Å². The van der Waals surface area contributed by atoms with Crippen LogP contribution in [0.15, 0.2) is 24.3 Å². The Balaban J connectivity index is 2.36. The van der Waals surface area contributed by atoms with Crippen molar-refractivity contribution in [3.05, 3.63) is 29.3 Å². The summed E-state index contributed by atoms with van der Waals surface area (Å²) >= 11 is 5.90. The summed E-state index contributed by atoms with van der Waals surface area (Å²) in [6, 6.07) is 6.12. The van der Waals surface area contributed by atoms with Crippen molar-refractivity contribution in [1.82, 2.24) is 5.32 Å². The van der Waals surface area contributed by atoms with Gasteiger partial charge in [0.05, 0.1) is 18.1 Å². The number of halogens is 1. The summed E-state index contributed by atoms with van der Waals surface area (Å²) in [7, 11) is 0. The minimum Gasteiger partial charge on any atom is -0.491 e. The lowest BCUT2D eigenvalue weighted by Gasteiger charge is -2.13. The molecular weight excluding hydrogens is 282 g/mol. The van der Waals surface area contributed by atoms with E-state index in [0.717, 1.165) is 0 Å². The quantitative estimate of drug-likeness (QED) is 0.773. The van der Waals surface area contributed by atoms with Gasteiger partial charge in [-0.2, -0.15) is 0 Å². The van der Waals surface area contributed by atoms with Gasteiger partial charge < -0.3 is 15.2 Å². The predicted octanol–water partition coefficient (Wildman–Crippen LogP) is 2.48. The standard InChI is InChI=1S/C14H18ClNO4/c1-2-5-11(14(18)19)16-13(17)8-9-20-12-7-4-3-6-10(12)15/h3-4,6-7,11H,2,5,8-9H2,1H3,(H,16,17)(H,18,19)/t11-/m1/s1. The first-order valence-electron chi connectivity index (χ1n) is 6.44. The molecule has 0 spiro atoms. The van der Waals surface area contributed by atoms with Crippen molar-refractivity contribution in [2.45, 2.75) is 32.2 Å². The maximum absolute atomic E-state index is 11.6. The summed E-state index contributed by atoms with van der Waals surface area (Å²) in [4.78, 5) is 22.5. The molecule has 0 saturated heterocycles. The van der Waals surface area contributed by atoms with Gasteiger partial charge in [-0.05, 0) is 18.6 Å². The highest BCUT2D eigenvalue weighted by atomic mass is 35.5. The van der Waals surface area contributed by atoms with Crippen molar-refractivity contribution in [3.63, 3.8) is 0 Å². The molecule has 1 atom stereocenters. The van der Waals surface area contributed by atoms with Gasteiger partial charge in [0.25, 0.3) is 0 Å². The SMILES string of the molecule is CCC[C@@H](NC(=O)CCOc1ccccc1Cl)C(=O)O. The molecule has 110 valence electrons. The van der Waals surface area contributed by atoms with Crippen LogP contribution >= 0.6 is 11.6 Å². The number of rotatable bonds is 8. The number of para-hydroxylation sites is 1. The largest absolute Gasteiger partial charge is 0.491 e. The lowest BCUT2D eigenvalue weighted by molar-refractivity contribution is -0.142. The Morgan fingerprint density at radius 2 is 2.10 bits per heavy atom. The van der Waals surface area contributed by atoms with E-state index in [2.05, 4.69) is 5.32 Å². The molecular formula is C14H18ClNO4. The summed E-state index contributed by atoms with van der Waals surface area (Å²) in [5.41, 5.74) is 0. The molecule has 0 heterocycles. The van der Waals surface area contributed by atoms with E-state index in [-0.39, 0.29) is 18.9 Å². The highest BCUT2D eigenvalue weighted by Gasteiger charge is 2.18. The Bertz CT molecular complexity index is 464. The van der Waals surface area contributed by atoms with Crippen LogP contribution in [-0.2, 0) is 9.59 Å². The molecule has 0 aromatic heterocycles. The van der Waals surface area contributed by atoms with E-state index in [0.29, 0.717) is 23.6 Å². The van der Waals surface area contributed by atoms with Crippen molar-refractivity contribution in [2.24, 2.45) is 0 Å². The van der Waals surface area contributed by atoms with Crippen molar-refractivity contribution >= 4 is 23.5 Å². The zero-order valence-electron chi connectivity index (χ0n) is 11.3. The third kappa shape index (κ3) is 5.48. The second-order valence-electron chi connectivity index (χ2n) is 4.28. The monoisotopic (exact) mass is 299 g/mol. The number of carboxylic acid groups (broad SMARTS) is 1. The smallest absolute Gasteiger partial charge is 0.326 e. The van der Waals surface area contributed by atoms with Crippen molar-refractivity contribution in [1.29, 1.82) is 0 Å². The predicted molar refractivity (Wildman–Crippen MR) is 76.0 cm³/mol. The van der Waals surface area contributed by atoms with Crippen LogP contribution in [0.1, 0.15) is 26.2 Å². The van der Waals surface area contributed by atoms with E-state index < -0.39 is 12.0 Å². The Hall–Kier alpha value is -1.75. The molecule has 1 aromatic carbocycles. The molecule has 0 saturated carbocycles. The molecule has 0 unspecified atom stereocenters. The number of ether oxygens (including phenoxy) is 1. The van der Waals surface area contributed by atoms with Crippen LogP contribution < -0.4 is 10.1 Å². The number of carbonyl (C=O) groups is 2. The van der Waals surface area contributed by atoms with Crippen LogP contribution in [0, 0.1) is 0 Å². The molecule has 2 N–H and O–H groups in total. The Morgan fingerprint density at radius 1 is 1.40 bits per heavy atom. The number of benzene rings is 1. The fraction of sp³-hybridized carbons (Fsp3) is 0.429. The third-order valence-electron chi connectivity index (χ3n) is 2.63. The number of hydrogen-bond donors (Lipinski definition) is 2. The van der Waals surface area contributed by atoms with Gasteiger partial charge in [-0.25, -0.2) is 4.79 Å². The van der Waals surface area contributed by atoms with Crippen molar-refractivity contribution in [2.75, 3.05) is 6.61 Å². The van der Waals surface area contributed by atoms with Gasteiger partial charge in [0.15, 0.2) is 0 Å². The second-order valence-corrected chi connectivity index (χ2v) is 4.68. The van der Waals surface area contributed by atoms with Crippen LogP contribution in [-0.4, -0.2) is 29.6 Å². The molecule has 20 heavy (non-hydrogen) atoms. The highest BCUT2D eigenvalue weighted by molar-refractivity contribution is 6.32. The van der Waals surface area contributed by atoms with Gasteiger partial charge >= 0.3 is 5.97 Å². The number of nitrogens with one attached hydrogen (secondary N) is 1. The van der Waals surface area contributed by atoms with Gasteiger partial charge in [0.1, 0.15) is 11.8 Å². The van der Waals surface area contributed by atoms with E-state index in [1.165, 1.54) is 0 Å². The van der Waals surface area contributed by atoms with Gasteiger partial charge in [0.2, 0.25) is 5.91 Å². The van der Waals surface area contributed by atoms with Crippen LogP contribution in [0.25, 0.3) is 0 Å². The molecule has 1 aromatic rings. The zero-order chi connectivity index (χ0) is 15.0. The second kappa shape index (κ2) is 8.43. The summed E-state index contributed by atoms with van der Waals surface area (Å²) in [6.45, 7) is 2.01. The molecule has 1 rings (SSSR count). The highest BCUT2D eigenvalue weighted by Crippen LogP contribution is 2.22. The summed E-state index contributed by atoms with van der Waals surface area (Å²) < 4.78 is 5.37. The van der Waals surface area contributed by atoms with Gasteiger partial charge in [-0.1, -0.05) is 37.1 Å². The lowest BCUT2D eigenvalue weighted by atomic mass is 10.1. The molecule has 0 bridgehead atoms. The number of aliphatic carboxylic acids is 1. The Morgan fingerprint density at radius 3 is 2.70 bits per heavy atom. The molecule has 6 heteroatoms. The molecule has 0 aliphatic rings. The number of carboxylic acids is 1.